The highest BCUT2D eigenvalue weighted by Crippen LogP contribution is 2.21. The SMILES string of the molecule is COC(=O)NCC(=O)N1CCC(C)CC1C. The number of carbonyl (C=O) groups is 2. The Bertz CT molecular complexity index is 268. The fourth-order valence-corrected chi connectivity index (χ4v) is 2.10. The lowest BCUT2D eigenvalue weighted by atomic mass is 9.93. The van der Waals surface area contributed by atoms with E-state index in [2.05, 4.69) is 17.0 Å². The minimum Gasteiger partial charge on any atom is -0.453 e. The third-order valence-electron chi connectivity index (χ3n) is 3.03. The van der Waals surface area contributed by atoms with Gasteiger partial charge in [0.2, 0.25) is 5.91 Å². The first-order valence-corrected chi connectivity index (χ1v) is 5.66. The number of amides is 2. The van der Waals surface area contributed by atoms with E-state index in [0.29, 0.717) is 5.92 Å². The maximum atomic E-state index is 11.8. The van der Waals surface area contributed by atoms with E-state index in [4.69, 9.17) is 0 Å². The van der Waals surface area contributed by atoms with E-state index in [1.807, 2.05) is 11.8 Å². The van der Waals surface area contributed by atoms with Crippen LogP contribution in [0.1, 0.15) is 26.7 Å². The summed E-state index contributed by atoms with van der Waals surface area (Å²) in [4.78, 5) is 24.4. The van der Waals surface area contributed by atoms with Crippen LogP contribution in [0.3, 0.4) is 0 Å². The van der Waals surface area contributed by atoms with Gasteiger partial charge in [-0.2, -0.15) is 0 Å². The van der Waals surface area contributed by atoms with Crippen LogP contribution >= 0.6 is 0 Å². The van der Waals surface area contributed by atoms with Gasteiger partial charge in [0.15, 0.2) is 0 Å². The monoisotopic (exact) mass is 228 g/mol. The van der Waals surface area contributed by atoms with Gasteiger partial charge in [0, 0.05) is 12.6 Å². The molecule has 1 fully saturated rings. The summed E-state index contributed by atoms with van der Waals surface area (Å²) in [5.74, 6) is 0.636. The summed E-state index contributed by atoms with van der Waals surface area (Å²) >= 11 is 0. The molecule has 92 valence electrons. The highest BCUT2D eigenvalue weighted by molar-refractivity contribution is 5.82. The van der Waals surface area contributed by atoms with Gasteiger partial charge in [-0.15, -0.1) is 0 Å². The summed E-state index contributed by atoms with van der Waals surface area (Å²) in [6, 6.07) is 0.260. The minimum absolute atomic E-state index is 0.0192. The number of hydrogen-bond donors (Lipinski definition) is 1. The number of hydrogen-bond acceptors (Lipinski definition) is 3. The van der Waals surface area contributed by atoms with Gasteiger partial charge in [-0.1, -0.05) is 6.92 Å². The fraction of sp³-hybridized carbons (Fsp3) is 0.818. The van der Waals surface area contributed by atoms with Crippen molar-refractivity contribution in [2.24, 2.45) is 5.92 Å². The molecule has 1 aliphatic heterocycles. The highest BCUT2D eigenvalue weighted by Gasteiger charge is 2.26. The molecular weight excluding hydrogens is 208 g/mol. The van der Waals surface area contributed by atoms with Gasteiger partial charge in [-0.25, -0.2) is 4.79 Å². The first-order chi connectivity index (χ1) is 7.54. The van der Waals surface area contributed by atoms with Crippen LogP contribution in [0.2, 0.25) is 0 Å². The molecule has 0 saturated carbocycles. The second-order valence-electron chi connectivity index (χ2n) is 4.41. The minimum atomic E-state index is -0.564. The normalized spacial score (nSPS) is 25.1. The van der Waals surface area contributed by atoms with Gasteiger partial charge in [-0.3, -0.25) is 4.79 Å². The number of likely N-dealkylation sites (tertiary alicyclic amines) is 1. The standard InChI is InChI=1S/C11H20N2O3/c1-8-4-5-13(9(2)6-8)10(14)7-12-11(15)16-3/h8-9H,4-7H2,1-3H3,(H,12,15). The summed E-state index contributed by atoms with van der Waals surface area (Å²) in [6.45, 7) is 5.05. The average molecular weight is 228 g/mol. The van der Waals surface area contributed by atoms with Crippen molar-refractivity contribution in [2.75, 3.05) is 20.2 Å². The number of nitrogens with one attached hydrogen (secondary N) is 1. The Morgan fingerprint density at radius 1 is 1.44 bits per heavy atom. The lowest BCUT2D eigenvalue weighted by Crippen LogP contribution is -2.48. The van der Waals surface area contributed by atoms with Crippen molar-refractivity contribution >= 4 is 12.0 Å². The first-order valence-electron chi connectivity index (χ1n) is 5.66. The van der Waals surface area contributed by atoms with Crippen LogP contribution in [-0.2, 0) is 9.53 Å². The number of piperidine rings is 1. The van der Waals surface area contributed by atoms with Crippen LogP contribution < -0.4 is 5.32 Å². The summed E-state index contributed by atoms with van der Waals surface area (Å²) < 4.78 is 4.41. The Morgan fingerprint density at radius 3 is 2.69 bits per heavy atom. The smallest absolute Gasteiger partial charge is 0.407 e. The first kappa shape index (κ1) is 12.8. The zero-order valence-electron chi connectivity index (χ0n) is 10.2. The lowest BCUT2D eigenvalue weighted by Gasteiger charge is -2.36. The van der Waals surface area contributed by atoms with Crippen molar-refractivity contribution in [2.45, 2.75) is 32.7 Å². The Balaban J connectivity index is 2.39. The number of methoxy groups -OCH3 is 1. The van der Waals surface area contributed by atoms with Crippen molar-refractivity contribution in [1.29, 1.82) is 0 Å². The van der Waals surface area contributed by atoms with Crippen LogP contribution in [0.15, 0.2) is 0 Å². The molecule has 2 unspecified atom stereocenters. The van der Waals surface area contributed by atoms with E-state index >= 15 is 0 Å². The molecule has 1 N–H and O–H groups in total. The van der Waals surface area contributed by atoms with E-state index in [0.717, 1.165) is 19.4 Å². The zero-order chi connectivity index (χ0) is 12.1. The predicted octanol–water partition coefficient (Wildman–Crippen LogP) is 0.989. The molecule has 1 rings (SSSR count). The van der Waals surface area contributed by atoms with Crippen molar-refractivity contribution < 1.29 is 14.3 Å². The number of ether oxygens (including phenoxy) is 1. The summed E-state index contributed by atoms with van der Waals surface area (Å²) in [5.41, 5.74) is 0. The molecule has 1 saturated heterocycles. The van der Waals surface area contributed by atoms with E-state index in [-0.39, 0.29) is 18.5 Å². The molecule has 1 heterocycles. The van der Waals surface area contributed by atoms with Crippen molar-refractivity contribution in [3.63, 3.8) is 0 Å². The van der Waals surface area contributed by atoms with E-state index in [1.165, 1.54) is 7.11 Å². The number of alkyl carbamates (subject to hydrolysis) is 1. The quantitative estimate of drug-likeness (QED) is 0.766. The molecule has 0 aromatic carbocycles. The van der Waals surface area contributed by atoms with Crippen LogP contribution in [0.5, 0.6) is 0 Å². The molecule has 16 heavy (non-hydrogen) atoms. The maximum absolute atomic E-state index is 11.8. The predicted molar refractivity (Wildman–Crippen MR) is 60.0 cm³/mol. The Labute approximate surface area is 96.1 Å². The Morgan fingerprint density at radius 2 is 2.12 bits per heavy atom. The summed E-state index contributed by atoms with van der Waals surface area (Å²) in [7, 11) is 1.28. The Hall–Kier alpha value is -1.26. The van der Waals surface area contributed by atoms with Gasteiger partial charge in [0.25, 0.3) is 0 Å². The van der Waals surface area contributed by atoms with Gasteiger partial charge < -0.3 is 15.0 Å². The molecule has 5 nitrogen and oxygen atoms in total. The fourth-order valence-electron chi connectivity index (χ4n) is 2.10. The molecule has 0 radical (unpaired) electrons. The van der Waals surface area contributed by atoms with Crippen LogP contribution in [0.25, 0.3) is 0 Å². The maximum Gasteiger partial charge on any atom is 0.407 e. The van der Waals surface area contributed by atoms with E-state index < -0.39 is 6.09 Å². The van der Waals surface area contributed by atoms with Gasteiger partial charge in [0.05, 0.1) is 7.11 Å². The third kappa shape index (κ3) is 3.40. The second-order valence-corrected chi connectivity index (χ2v) is 4.41. The summed E-state index contributed by atoms with van der Waals surface area (Å²) in [6.07, 6.45) is 1.50. The van der Waals surface area contributed by atoms with Crippen LogP contribution in [0, 0.1) is 5.92 Å². The molecule has 5 heteroatoms. The van der Waals surface area contributed by atoms with Gasteiger partial charge in [-0.05, 0) is 25.7 Å². The third-order valence-corrected chi connectivity index (χ3v) is 3.03. The van der Waals surface area contributed by atoms with Crippen molar-refractivity contribution in [1.82, 2.24) is 10.2 Å². The van der Waals surface area contributed by atoms with E-state index in [1.54, 1.807) is 0 Å². The number of rotatable bonds is 2. The molecule has 0 aromatic heterocycles. The number of nitrogens with zero attached hydrogens (tertiary/aromatic N) is 1. The van der Waals surface area contributed by atoms with Crippen molar-refractivity contribution in [3.8, 4) is 0 Å². The molecule has 0 aromatic rings. The van der Waals surface area contributed by atoms with Crippen LogP contribution in [-0.4, -0.2) is 43.1 Å². The zero-order valence-corrected chi connectivity index (χ0v) is 10.2. The van der Waals surface area contributed by atoms with Gasteiger partial charge in [0.1, 0.15) is 6.54 Å². The topological polar surface area (TPSA) is 58.6 Å². The molecule has 2 atom stereocenters. The summed E-state index contributed by atoms with van der Waals surface area (Å²) in [5, 5.41) is 2.41. The molecular formula is C11H20N2O3. The molecule has 0 aliphatic carbocycles. The van der Waals surface area contributed by atoms with Crippen LogP contribution in [0.4, 0.5) is 4.79 Å². The second kappa shape index (κ2) is 5.72. The molecule has 0 bridgehead atoms. The van der Waals surface area contributed by atoms with Gasteiger partial charge >= 0.3 is 6.09 Å². The molecule has 2 amide bonds. The number of carbonyl (C=O) groups excluding carboxylic acids is 2. The molecule has 1 aliphatic rings. The molecule has 0 spiro atoms. The van der Waals surface area contributed by atoms with Crippen molar-refractivity contribution in [3.05, 3.63) is 0 Å². The largest absolute Gasteiger partial charge is 0.453 e. The average Bonchev–Trinajstić information content (AvgIpc) is 2.25. The van der Waals surface area contributed by atoms with E-state index in [9.17, 15) is 9.59 Å². The highest BCUT2D eigenvalue weighted by atomic mass is 16.5. The lowest BCUT2D eigenvalue weighted by molar-refractivity contribution is -0.133. The Kier molecular flexibility index (Phi) is 4.58.